The zero-order valence-electron chi connectivity index (χ0n) is 14.9. The van der Waals surface area contributed by atoms with Gasteiger partial charge in [0.05, 0.1) is 12.6 Å². The van der Waals surface area contributed by atoms with Gasteiger partial charge in [0.2, 0.25) is 11.8 Å². The van der Waals surface area contributed by atoms with Gasteiger partial charge < -0.3 is 10.2 Å². The number of rotatable bonds is 6. The van der Waals surface area contributed by atoms with Gasteiger partial charge in [0.15, 0.2) is 0 Å². The maximum Gasteiger partial charge on any atom is 0.288 e. The highest BCUT2D eigenvalue weighted by atomic mass is 32.2. The quantitative estimate of drug-likeness (QED) is 0.724. The Morgan fingerprint density at radius 2 is 1.89 bits per heavy atom. The van der Waals surface area contributed by atoms with Crippen molar-refractivity contribution in [3.05, 3.63) is 24.3 Å². The Hall–Kier alpha value is -1.32. The average molecular weight is 416 g/mol. The van der Waals surface area contributed by atoms with Crippen LogP contribution in [0, 0.1) is 0 Å². The first-order chi connectivity index (χ1) is 13.0. The van der Waals surface area contributed by atoms with Crippen molar-refractivity contribution in [3.63, 3.8) is 0 Å². The minimum absolute atomic E-state index is 0.133. The summed E-state index contributed by atoms with van der Waals surface area (Å²) in [6.07, 6.45) is 1.70. The van der Waals surface area contributed by atoms with Gasteiger partial charge >= 0.3 is 0 Å². The van der Waals surface area contributed by atoms with Crippen molar-refractivity contribution in [2.75, 3.05) is 43.0 Å². The molecule has 2 saturated heterocycles. The Balaban J connectivity index is 1.52. The summed E-state index contributed by atoms with van der Waals surface area (Å²) in [7, 11) is 0. The maximum atomic E-state index is 12.8. The number of nitrogens with one attached hydrogen (secondary N) is 1. The Labute approximate surface area is 166 Å². The molecule has 1 unspecified atom stereocenters. The number of anilines is 1. The molecule has 0 spiro atoms. The van der Waals surface area contributed by atoms with Gasteiger partial charge in [0, 0.05) is 35.2 Å². The first kappa shape index (κ1) is 20.4. The smallest absolute Gasteiger partial charge is 0.288 e. The third-order valence-corrected chi connectivity index (χ3v) is 6.35. The Morgan fingerprint density at radius 1 is 1.19 bits per heavy atom. The molecular formula is C18H23F2N3O2S2. The number of hydrogen-bond acceptors (Lipinski definition) is 5. The molecule has 1 N–H and O–H groups in total. The van der Waals surface area contributed by atoms with Gasteiger partial charge in [-0.2, -0.15) is 20.5 Å². The molecule has 9 heteroatoms. The third kappa shape index (κ3) is 5.83. The van der Waals surface area contributed by atoms with Gasteiger partial charge in [0.1, 0.15) is 0 Å². The van der Waals surface area contributed by atoms with Gasteiger partial charge in [-0.05, 0) is 43.7 Å². The van der Waals surface area contributed by atoms with Crippen molar-refractivity contribution < 1.29 is 18.4 Å². The minimum atomic E-state index is -2.46. The second kappa shape index (κ2) is 9.75. The number of benzene rings is 1. The lowest BCUT2D eigenvalue weighted by molar-refractivity contribution is -0.136. The molecule has 2 aliphatic heterocycles. The van der Waals surface area contributed by atoms with Crippen LogP contribution in [0.4, 0.5) is 14.5 Å². The molecule has 0 aliphatic carbocycles. The summed E-state index contributed by atoms with van der Waals surface area (Å²) in [6.45, 7) is 2.45. The summed E-state index contributed by atoms with van der Waals surface area (Å²) < 4.78 is 24.7. The number of halogens is 2. The van der Waals surface area contributed by atoms with Gasteiger partial charge in [0.25, 0.3) is 5.76 Å². The number of likely N-dealkylation sites (tertiary alicyclic amines) is 1. The maximum absolute atomic E-state index is 12.8. The third-order valence-electron chi connectivity index (χ3n) is 4.68. The minimum Gasteiger partial charge on any atom is -0.340 e. The van der Waals surface area contributed by atoms with E-state index in [0.717, 1.165) is 44.0 Å². The summed E-state index contributed by atoms with van der Waals surface area (Å²) >= 11 is 2.33. The second-order valence-corrected chi connectivity index (χ2v) is 8.81. The van der Waals surface area contributed by atoms with Crippen LogP contribution in [0.3, 0.4) is 0 Å². The zero-order chi connectivity index (χ0) is 19.2. The molecule has 3 rings (SSSR count). The Kier molecular flexibility index (Phi) is 7.37. The topological polar surface area (TPSA) is 52.7 Å². The zero-order valence-corrected chi connectivity index (χ0v) is 16.5. The van der Waals surface area contributed by atoms with Crippen molar-refractivity contribution in [3.8, 4) is 0 Å². The molecule has 2 heterocycles. The lowest BCUT2D eigenvalue weighted by atomic mass is 10.2. The number of carbonyl (C=O) groups is 2. The predicted molar refractivity (Wildman–Crippen MR) is 105 cm³/mol. The van der Waals surface area contributed by atoms with Crippen LogP contribution >= 0.6 is 23.5 Å². The molecule has 1 aromatic rings. The molecule has 0 saturated carbocycles. The number of alkyl halides is 2. The van der Waals surface area contributed by atoms with E-state index in [1.54, 1.807) is 24.3 Å². The van der Waals surface area contributed by atoms with Crippen LogP contribution in [-0.4, -0.2) is 71.1 Å². The van der Waals surface area contributed by atoms with Crippen LogP contribution in [0.2, 0.25) is 0 Å². The van der Waals surface area contributed by atoms with Crippen molar-refractivity contribution in [1.29, 1.82) is 0 Å². The lowest BCUT2D eigenvalue weighted by Crippen LogP contribution is -2.49. The fourth-order valence-electron chi connectivity index (χ4n) is 3.39. The SMILES string of the molecule is O=C(CN1CCCC1C(=O)N1CCSCC1)Nc1ccc(SC(F)F)cc1. The van der Waals surface area contributed by atoms with Gasteiger partial charge in [-0.1, -0.05) is 11.8 Å². The molecule has 5 nitrogen and oxygen atoms in total. The van der Waals surface area contributed by atoms with Crippen LogP contribution in [0.15, 0.2) is 29.2 Å². The number of thioether (sulfide) groups is 2. The number of amides is 2. The highest BCUT2D eigenvalue weighted by Gasteiger charge is 2.34. The molecular weight excluding hydrogens is 392 g/mol. The number of nitrogens with zero attached hydrogens (tertiary/aromatic N) is 2. The molecule has 1 aromatic carbocycles. The van der Waals surface area contributed by atoms with E-state index in [9.17, 15) is 18.4 Å². The molecule has 27 heavy (non-hydrogen) atoms. The van der Waals surface area contributed by atoms with E-state index in [4.69, 9.17) is 0 Å². The van der Waals surface area contributed by atoms with Crippen LogP contribution in [-0.2, 0) is 9.59 Å². The van der Waals surface area contributed by atoms with E-state index in [1.807, 2.05) is 21.6 Å². The van der Waals surface area contributed by atoms with Gasteiger partial charge in [-0.15, -0.1) is 0 Å². The summed E-state index contributed by atoms with van der Waals surface area (Å²) in [5.74, 6) is -0.585. The standard InChI is InChI=1S/C18H23F2N3O2S2/c19-18(20)27-14-5-3-13(4-6-14)21-16(24)12-23-7-1-2-15(23)17(25)22-8-10-26-11-9-22/h3-6,15,18H,1-2,7-12H2,(H,21,24). The summed E-state index contributed by atoms with van der Waals surface area (Å²) in [5.41, 5.74) is 0.564. The van der Waals surface area contributed by atoms with Crippen LogP contribution in [0.5, 0.6) is 0 Å². The molecule has 2 fully saturated rings. The van der Waals surface area contributed by atoms with Crippen molar-refractivity contribution >= 4 is 41.0 Å². The van der Waals surface area contributed by atoms with E-state index in [2.05, 4.69) is 5.32 Å². The van der Waals surface area contributed by atoms with Crippen LogP contribution in [0.1, 0.15) is 12.8 Å². The van der Waals surface area contributed by atoms with E-state index < -0.39 is 5.76 Å². The number of hydrogen-bond donors (Lipinski definition) is 1. The van der Waals surface area contributed by atoms with E-state index in [1.165, 1.54) is 0 Å². The highest BCUT2D eigenvalue weighted by Crippen LogP contribution is 2.26. The van der Waals surface area contributed by atoms with E-state index >= 15 is 0 Å². The van der Waals surface area contributed by atoms with E-state index in [0.29, 0.717) is 22.3 Å². The molecule has 148 valence electrons. The molecule has 2 aliphatic rings. The molecule has 1 atom stereocenters. The second-order valence-electron chi connectivity index (χ2n) is 6.52. The lowest BCUT2D eigenvalue weighted by Gasteiger charge is -2.32. The first-order valence-electron chi connectivity index (χ1n) is 8.98. The summed E-state index contributed by atoms with van der Waals surface area (Å²) in [6, 6.07) is 6.12. The average Bonchev–Trinajstić information content (AvgIpc) is 3.11. The molecule has 2 amide bonds. The Bertz CT molecular complexity index is 655. The van der Waals surface area contributed by atoms with Gasteiger partial charge in [-0.25, -0.2) is 0 Å². The first-order valence-corrected chi connectivity index (χ1v) is 11.0. The monoisotopic (exact) mass is 415 g/mol. The summed E-state index contributed by atoms with van der Waals surface area (Å²) in [4.78, 5) is 29.4. The van der Waals surface area contributed by atoms with Crippen molar-refractivity contribution in [2.45, 2.75) is 29.5 Å². The van der Waals surface area contributed by atoms with Crippen LogP contribution in [0.25, 0.3) is 0 Å². The molecule has 0 bridgehead atoms. The molecule has 0 radical (unpaired) electrons. The van der Waals surface area contributed by atoms with Gasteiger partial charge in [-0.3, -0.25) is 14.5 Å². The largest absolute Gasteiger partial charge is 0.340 e. The normalized spacial score (nSPS) is 20.9. The van der Waals surface area contributed by atoms with Crippen LogP contribution < -0.4 is 5.32 Å². The van der Waals surface area contributed by atoms with E-state index in [-0.39, 0.29) is 24.4 Å². The fraction of sp³-hybridized carbons (Fsp3) is 0.556. The fourth-order valence-corrected chi connectivity index (χ4v) is 4.80. The highest BCUT2D eigenvalue weighted by molar-refractivity contribution is 7.99. The van der Waals surface area contributed by atoms with Crippen molar-refractivity contribution in [2.24, 2.45) is 0 Å². The molecule has 0 aromatic heterocycles. The summed E-state index contributed by atoms with van der Waals surface area (Å²) in [5, 5.41) is 2.78. The van der Waals surface area contributed by atoms with Crippen molar-refractivity contribution in [1.82, 2.24) is 9.80 Å². The predicted octanol–water partition coefficient (Wildman–Crippen LogP) is 2.98. The Morgan fingerprint density at radius 3 is 2.56 bits per heavy atom. The number of carbonyl (C=O) groups excluding carboxylic acids is 2.